The predicted molar refractivity (Wildman–Crippen MR) is 67.9 cm³/mol. The van der Waals surface area contributed by atoms with Crippen LogP contribution in [0.4, 0.5) is 0 Å². The average molecular weight is 237 g/mol. The molecular weight excluding hydrogens is 214 g/mol. The van der Waals surface area contributed by atoms with E-state index < -0.39 is 0 Å². The lowest BCUT2D eigenvalue weighted by Gasteiger charge is -2.22. The number of hydrogen-bond donors (Lipinski definition) is 1. The Morgan fingerprint density at radius 2 is 2.53 bits per heavy atom. The van der Waals surface area contributed by atoms with Crippen LogP contribution >= 0.6 is 0 Å². The van der Waals surface area contributed by atoms with E-state index in [0.717, 1.165) is 26.2 Å². The van der Waals surface area contributed by atoms with Crippen molar-refractivity contribution in [2.45, 2.75) is 32.2 Å². The minimum Gasteiger partial charge on any atom is -0.381 e. The summed E-state index contributed by atoms with van der Waals surface area (Å²) >= 11 is 0. The van der Waals surface area contributed by atoms with Crippen LogP contribution in [0.25, 0.3) is 0 Å². The first-order valence-corrected chi connectivity index (χ1v) is 6.59. The van der Waals surface area contributed by atoms with Gasteiger partial charge in [-0.15, -0.1) is 0 Å². The van der Waals surface area contributed by atoms with Gasteiger partial charge in [-0.1, -0.05) is 6.92 Å². The fourth-order valence-corrected chi connectivity index (χ4v) is 2.40. The molecule has 2 unspecified atom stereocenters. The van der Waals surface area contributed by atoms with Gasteiger partial charge < -0.3 is 10.1 Å². The molecule has 1 N–H and O–H groups in total. The van der Waals surface area contributed by atoms with Gasteiger partial charge in [-0.05, 0) is 25.5 Å². The van der Waals surface area contributed by atoms with Gasteiger partial charge in [0.25, 0.3) is 0 Å². The Kier molecular flexibility index (Phi) is 4.57. The van der Waals surface area contributed by atoms with Gasteiger partial charge in [0.2, 0.25) is 0 Å². The molecule has 0 radical (unpaired) electrons. The predicted octanol–water partition coefficient (Wildman–Crippen LogP) is 1.37. The van der Waals surface area contributed by atoms with Crippen LogP contribution in [0.3, 0.4) is 0 Å². The zero-order valence-electron chi connectivity index (χ0n) is 10.9. The molecule has 1 aromatic heterocycles. The molecule has 2 rings (SSSR count). The van der Waals surface area contributed by atoms with E-state index in [1.165, 1.54) is 18.5 Å². The molecule has 0 aliphatic carbocycles. The summed E-state index contributed by atoms with van der Waals surface area (Å²) in [5.74, 6) is 0.642. The van der Waals surface area contributed by atoms with Crippen molar-refractivity contribution in [1.82, 2.24) is 15.1 Å². The van der Waals surface area contributed by atoms with E-state index in [9.17, 15) is 0 Å². The first-order chi connectivity index (χ1) is 8.29. The third-order valence-corrected chi connectivity index (χ3v) is 3.39. The van der Waals surface area contributed by atoms with E-state index in [0.29, 0.717) is 12.0 Å². The molecule has 0 saturated carbocycles. The number of nitrogens with one attached hydrogen (secondary N) is 1. The van der Waals surface area contributed by atoms with Crippen molar-refractivity contribution in [1.29, 1.82) is 0 Å². The molecule has 17 heavy (non-hydrogen) atoms. The molecule has 1 saturated heterocycles. The number of nitrogens with zero attached hydrogens (tertiary/aromatic N) is 2. The topological polar surface area (TPSA) is 39.1 Å². The van der Waals surface area contributed by atoms with Crippen molar-refractivity contribution in [2.75, 3.05) is 19.8 Å². The Morgan fingerprint density at radius 1 is 1.65 bits per heavy atom. The van der Waals surface area contributed by atoms with Gasteiger partial charge in [0.1, 0.15) is 0 Å². The van der Waals surface area contributed by atoms with Crippen LogP contribution in [0.2, 0.25) is 0 Å². The Balaban J connectivity index is 1.94. The molecule has 2 heterocycles. The number of aryl methyl sites for hydroxylation is 1. The van der Waals surface area contributed by atoms with E-state index in [2.05, 4.69) is 23.4 Å². The maximum atomic E-state index is 5.50. The molecule has 0 amide bonds. The van der Waals surface area contributed by atoms with Crippen molar-refractivity contribution < 1.29 is 4.74 Å². The number of ether oxygens (including phenoxy) is 1. The van der Waals surface area contributed by atoms with Crippen molar-refractivity contribution in [3.63, 3.8) is 0 Å². The molecular formula is C13H23N3O. The summed E-state index contributed by atoms with van der Waals surface area (Å²) < 4.78 is 7.37. The van der Waals surface area contributed by atoms with Gasteiger partial charge in [0.05, 0.1) is 12.3 Å². The lowest BCUT2D eigenvalue weighted by Crippen LogP contribution is -2.39. The van der Waals surface area contributed by atoms with Crippen LogP contribution in [0, 0.1) is 5.92 Å². The quantitative estimate of drug-likeness (QED) is 0.812. The molecule has 1 aliphatic heterocycles. The highest BCUT2D eigenvalue weighted by atomic mass is 16.5. The van der Waals surface area contributed by atoms with Gasteiger partial charge >= 0.3 is 0 Å². The molecule has 1 fully saturated rings. The smallest absolute Gasteiger partial charge is 0.0640 e. The highest BCUT2D eigenvalue weighted by molar-refractivity contribution is 5.02. The van der Waals surface area contributed by atoms with Gasteiger partial charge in [-0.2, -0.15) is 5.10 Å². The van der Waals surface area contributed by atoms with E-state index in [1.54, 1.807) is 0 Å². The van der Waals surface area contributed by atoms with Crippen LogP contribution in [0.5, 0.6) is 0 Å². The Hall–Kier alpha value is -0.870. The van der Waals surface area contributed by atoms with Crippen molar-refractivity contribution in [2.24, 2.45) is 13.0 Å². The summed E-state index contributed by atoms with van der Waals surface area (Å²) in [4.78, 5) is 0. The minimum atomic E-state index is 0.507. The minimum absolute atomic E-state index is 0.507. The lowest BCUT2D eigenvalue weighted by molar-refractivity contribution is 0.176. The summed E-state index contributed by atoms with van der Waals surface area (Å²) in [6.07, 6.45) is 5.37. The van der Waals surface area contributed by atoms with Gasteiger partial charge in [0.15, 0.2) is 0 Å². The Morgan fingerprint density at radius 3 is 3.12 bits per heavy atom. The lowest BCUT2D eigenvalue weighted by atomic mass is 9.95. The van der Waals surface area contributed by atoms with E-state index >= 15 is 0 Å². The second-order valence-corrected chi connectivity index (χ2v) is 4.87. The fourth-order valence-electron chi connectivity index (χ4n) is 2.40. The molecule has 1 aromatic rings. The van der Waals surface area contributed by atoms with Gasteiger partial charge in [-0.25, -0.2) is 0 Å². The van der Waals surface area contributed by atoms with Crippen LogP contribution in [0.15, 0.2) is 12.3 Å². The molecule has 2 atom stereocenters. The van der Waals surface area contributed by atoms with E-state index in [4.69, 9.17) is 4.74 Å². The third kappa shape index (κ3) is 3.54. The summed E-state index contributed by atoms with van der Waals surface area (Å²) in [6, 6.07) is 2.61. The molecule has 0 bridgehead atoms. The highest BCUT2D eigenvalue weighted by Crippen LogP contribution is 2.19. The van der Waals surface area contributed by atoms with Gasteiger partial charge in [-0.3, -0.25) is 4.68 Å². The van der Waals surface area contributed by atoms with Crippen molar-refractivity contribution in [3.05, 3.63) is 18.0 Å². The first kappa shape index (κ1) is 12.6. The summed E-state index contributed by atoms with van der Waals surface area (Å²) in [6.45, 7) is 5.09. The molecule has 4 nitrogen and oxygen atoms in total. The molecule has 4 heteroatoms. The SMILES string of the molecule is CCCNC(Cc1ccn(C)n1)C1CCOC1. The molecule has 1 aliphatic rings. The first-order valence-electron chi connectivity index (χ1n) is 6.59. The maximum Gasteiger partial charge on any atom is 0.0640 e. The average Bonchev–Trinajstić information content (AvgIpc) is 2.95. The van der Waals surface area contributed by atoms with Crippen molar-refractivity contribution in [3.8, 4) is 0 Å². The largest absolute Gasteiger partial charge is 0.381 e. The maximum absolute atomic E-state index is 5.50. The summed E-state index contributed by atoms with van der Waals surface area (Å²) in [5.41, 5.74) is 1.17. The van der Waals surface area contributed by atoms with Gasteiger partial charge in [0, 0.05) is 38.2 Å². The molecule has 0 spiro atoms. The number of aromatic nitrogens is 2. The summed E-state index contributed by atoms with van der Waals surface area (Å²) in [5, 5.41) is 8.11. The number of hydrogen-bond acceptors (Lipinski definition) is 3. The second-order valence-electron chi connectivity index (χ2n) is 4.87. The zero-order valence-corrected chi connectivity index (χ0v) is 10.9. The fraction of sp³-hybridized carbons (Fsp3) is 0.769. The van der Waals surface area contributed by atoms with Crippen LogP contribution in [-0.2, 0) is 18.2 Å². The number of rotatable bonds is 6. The van der Waals surface area contributed by atoms with Crippen LogP contribution < -0.4 is 5.32 Å². The Labute approximate surface area is 103 Å². The Bertz CT molecular complexity index is 331. The normalized spacial score (nSPS) is 21.9. The monoisotopic (exact) mass is 237 g/mol. The van der Waals surface area contributed by atoms with Crippen LogP contribution in [0.1, 0.15) is 25.5 Å². The highest BCUT2D eigenvalue weighted by Gasteiger charge is 2.25. The van der Waals surface area contributed by atoms with E-state index in [-0.39, 0.29) is 0 Å². The molecule has 96 valence electrons. The standard InChI is InChI=1S/C13H23N3O/c1-3-6-14-13(11-5-8-17-10-11)9-12-4-7-16(2)15-12/h4,7,11,13-14H,3,5-6,8-10H2,1-2H3. The summed E-state index contributed by atoms with van der Waals surface area (Å²) in [7, 11) is 1.97. The molecule has 0 aromatic carbocycles. The second kappa shape index (κ2) is 6.17. The van der Waals surface area contributed by atoms with E-state index in [1.807, 2.05) is 17.9 Å². The van der Waals surface area contributed by atoms with Crippen LogP contribution in [-0.4, -0.2) is 35.6 Å². The third-order valence-electron chi connectivity index (χ3n) is 3.39. The van der Waals surface area contributed by atoms with Crippen molar-refractivity contribution >= 4 is 0 Å². The zero-order chi connectivity index (χ0) is 12.1.